The van der Waals surface area contributed by atoms with Gasteiger partial charge in [-0.05, 0) is 61.3 Å². The molecule has 1 aromatic carbocycles. The van der Waals surface area contributed by atoms with Gasteiger partial charge in [0.1, 0.15) is 33.8 Å². The van der Waals surface area contributed by atoms with Gasteiger partial charge in [-0.15, -0.1) is 5.10 Å². The van der Waals surface area contributed by atoms with Crippen molar-refractivity contribution in [3.63, 3.8) is 0 Å². The second kappa shape index (κ2) is 17.2. The van der Waals surface area contributed by atoms with Crippen LogP contribution < -0.4 is 9.64 Å². The highest BCUT2D eigenvalue weighted by molar-refractivity contribution is 7.19. The zero-order chi connectivity index (χ0) is 35.7. The maximum atomic E-state index is 13.4. The van der Waals surface area contributed by atoms with E-state index in [1.54, 1.807) is 25.4 Å². The Bertz CT molecular complexity index is 1650. The number of rotatable bonds is 17. The van der Waals surface area contributed by atoms with Gasteiger partial charge in [-0.3, -0.25) is 4.79 Å². The van der Waals surface area contributed by atoms with E-state index in [0.717, 1.165) is 48.1 Å². The van der Waals surface area contributed by atoms with Crippen LogP contribution >= 0.6 is 11.3 Å². The highest BCUT2D eigenvalue weighted by atomic mass is 32.1. The molecule has 1 aliphatic heterocycles. The Labute approximate surface area is 297 Å². The van der Waals surface area contributed by atoms with Crippen LogP contribution in [0.25, 0.3) is 11.3 Å². The zero-order valence-corrected chi connectivity index (χ0v) is 31.9. The maximum absolute atomic E-state index is 13.4. The lowest BCUT2D eigenvalue weighted by atomic mass is 9.92. The molecular formula is C39H55N7O2S. The van der Waals surface area contributed by atoms with Crippen LogP contribution in [0.4, 0.5) is 10.1 Å². The van der Waals surface area contributed by atoms with Crippen LogP contribution in [0.3, 0.4) is 0 Å². The lowest BCUT2D eigenvalue weighted by Gasteiger charge is -2.30. The van der Waals surface area contributed by atoms with Crippen molar-refractivity contribution in [1.29, 1.82) is 5.26 Å². The molecule has 0 saturated heterocycles. The molecule has 3 heterocycles. The van der Waals surface area contributed by atoms with Gasteiger partial charge < -0.3 is 9.64 Å². The summed E-state index contributed by atoms with van der Waals surface area (Å²) in [4.78, 5) is 31.3. The summed E-state index contributed by atoms with van der Waals surface area (Å²) in [5.74, 6) is 2.35. The second-order valence-corrected chi connectivity index (χ2v) is 15.5. The van der Waals surface area contributed by atoms with Crippen LogP contribution in [-0.4, -0.2) is 51.6 Å². The number of unbranched alkanes of at least 4 members (excludes halogenated alkanes) is 2. The van der Waals surface area contributed by atoms with E-state index in [9.17, 15) is 10.1 Å². The molecule has 4 rings (SSSR count). The summed E-state index contributed by atoms with van der Waals surface area (Å²) in [5, 5.41) is 16.3. The maximum Gasteiger partial charge on any atom is 0.291 e. The van der Waals surface area contributed by atoms with Crippen molar-refractivity contribution in [3.8, 4) is 23.1 Å². The molecule has 3 aromatic rings. The lowest BCUT2D eigenvalue weighted by Crippen LogP contribution is -2.34. The van der Waals surface area contributed by atoms with Crippen LogP contribution in [0.1, 0.15) is 123 Å². The van der Waals surface area contributed by atoms with Gasteiger partial charge in [-0.1, -0.05) is 98.3 Å². The van der Waals surface area contributed by atoms with E-state index in [-0.39, 0.29) is 11.0 Å². The summed E-state index contributed by atoms with van der Waals surface area (Å²) in [6.07, 6.45) is 10.0. The molecule has 0 bridgehead atoms. The normalized spacial score (nSPS) is 15.3. The second-order valence-electron chi connectivity index (χ2n) is 14.5. The summed E-state index contributed by atoms with van der Waals surface area (Å²) < 4.78 is 6.72. The minimum Gasteiger partial charge on any atom is -0.497 e. The van der Waals surface area contributed by atoms with E-state index in [2.05, 4.69) is 64.5 Å². The van der Waals surface area contributed by atoms with Crippen LogP contribution in [0.5, 0.6) is 5.75 Å². The number of thiazole rings is 1. The molecule has 0 radical (unpaired) electrons. The number of anilines is 1. The third-order valence-corrected chi connectivity index (χ3v) is 10.3. The third-order valence-electron chi connectivity index (χ3n) is 9.29. The van der Waals surface area contributed by atoms with Crippen LogP contribution in [0.15, 0.2) is 40.4 Å². The minimum atomic E-state index is -0.469. The topological polar surface area (TPSA) is 109 Å². The van der Waals surface area contributed by atoms with E-state index >= 15 is 0 Å². The van der Waals surface area contributed by atoms with Crippen LogP contribution in [0.2, 0.25) is 0 Å². The summed E-state index contributed by atoms with van der Waals surface area (Å²) in [6.45, 7) is 19.1. The smallest absolute Gasteiger partial charge is 0.291 e. The molecule has 264 valence electrons. The van der Waals surface area contributed by atoms with Gasteiger partial charge in [0.25, 0.3) is 5.91 Å². The molecule has 0 N–H and O–H groups in total. The lowest BCUT2D eigenvalue weighted by molar-refractivity contribution is 0.0941. The molecule has 0 fully saturated rings. The average molecular weight is 686 g/mol. The summed E-state index contributed by atoms with van der Waals surface area (Å²) >= 11 is 1.57. The van der Waals surface area contributed by atoms with Crippen LogP contribution in [-0.2, 0) is 6.42 Å². The first-order chi connectivity index (χ1) is 23.5. The number of carbonyl (C=O) groups excluding carboxylic acids is 1. The molecule has 0 amide bonds. The van der Waals surface area contributed by atoms with Crippen LogP contribution in [0, 0.1) is 28.6 Å². The molecule has 49 heavy (non-hydrogen) atoms. The summed E-state index contributed by atoms with van der Waals surface area (Å²) in [6, 6.07) is 10.0. The fourth-order valence-corrected chi connectivity index (χ4v) is 7.24. The number of benzene rings is 1. The highest BCUT2D eigenvalue weighted by Gasteiger charge is 2.33. The first-order valence-corrected chi connectivity index (χ1v) is 18.9. The Kier molecular flexibility index (Phi) is 13.3. The number of fused-ring (bicyclic) bond motifs is 1. The van der Waals surface area contributed by atoms with E-state index < -0.39 is 5.91 Å². The highest BCUT2D eigenvalue weighted by Crippen LogP contribution is 2.42. The van der Waals surface area contributed by atoms with Crippen molar-refractivity contribution in [2.45, 2.75) is 113 Å². The molecule has 9 nitrogen and oxygen atoms in total. The number of methoxy groups -OCH3 is 1. The Morgan fingerprint density at radius 1 is 1.00 bits per heavy atom. The van der Waals surface area contributed by atoms with Gasteiger partial charge in [0.05, 0.1) is 7.11 Å². The zero-order valence-electron chi connectivity index (χ0n) is 31.1. The number of hydrogen-bond donors (Lipinski definition) is 0. The van der Waals surface area contributed by atoms with Crippen molar-refractivity contribution in [3.05, 3.63) is 47.1 Å². The molecule has 0 spiro atoms. The first kappa shape index (κ1) is 38.0. The number of nitriles is 1. The number of allylic oxidation sites excluding steroid dienone is 2. The SMILES string of the molecule is CCCCC(CC)CN(CC(CC)CCCC)c1nc(-c2ccc(OC)cc2)c(/N=C2/C(C)=C(C#N)C(=O)n3nc(CC(C)(C)C)nc32)s1. The Hall–Kier alpha value is -3.84. The third kappa shape index (κ3) is 9.45. The molecule has 2 atom stereocenters. The van der Waals surface area contributed by atoms with E-state index in [1.165, 1.54) is 43.2 Å². The number of aliphatic imine (C=N–C) groups is 1. The van der Waals surface area contributed by atoms with Gasteiger partial charge in [0.2, 0.25) is 0 Å². The predicted molar refractivity (Wildman–Crippen MR) is 201 cm³/mol. The number of carbonyl (C=O) groups is 1. The Balaban J connectivity index is 1.91. The van der Waals surface area contributed by atoms with Gasteiger partial charge >= 0.3 is 0 Å². The van der Waals surface area contributed by atoms with Gasteiger partial charge in [0.15, 0.2) is 16.8 Å². The number of ether oxygens (including phenoxy) is 1. The quantitative estimate of drug-likeness (QED) is 0.139. The molecule has 2 aromatic heterocycles. The van der Waals surface area contributed by atoms with Crippen molar-refractivity contribution in [1.82, 2.24) is 19.7 Å². The Morgan fingerprint density at radius 2 is 1.61 bits per heavy atom. The summed E-state index contributed by atoms with van der Waals surface area (Å²) in [7, 11) is 1.66. The number of aromatic nitrogens is 4. The molecule has 10 heteroatoms. The number of nitrogens with zero attached hydrogens (tertiary/aromatic N) is 7. The standard InChI is InChI=1S/C39H55N7O2S/c1-10-14-16-27(12-3)24-45(25-28(13-4)17-15-11-2)38-43-34(29-18-20-30(48-9)21-19-29)36(49-38)42-33-26(5)31(23-40)37(47)46-35(33)41-32(44-46)22-39(6,7)8/h18-21,27-28H,10-17,22,24-25H2,1-9H3/b42-33-. The van der Waals surface area contributed by atoms with Gasteiger partial charge in [-0.25, -0.2) is 15.0 Å². The number of hydrogen-bond acceptors (Lipinski definition) is 9. The predicted octanol–water partition coefficient (Wildman–Crippen LogP) is 9.85. The van der Waals surface area contributed by atoms with Crippen molar-refractivity contribution in [2.75, 3.05) is 25.1 Å². The average Bonchev–Trinajstić information content (AvgIpc) is 3.70. The van der Waals surface area contributed by atoms with Crippen molar-refractivity contribution >= 4 is 33.1 Å². The fourth-order valence-electron chi connectivity index (χ4n) is 6.26. The minimum absolute atomic E-state index is 0.0271. The monoisotopic (exact) mass is 685 g/mol. The van der Waals surface area contributed by atoms with Crippen molar-refractivity contribution < 1.29 is 9.53 Å². The van der Waals surface area contributed by atoms with E-state index in [4.69, 9.17) is 19.7 Å². The fraction of sp³-hybridized carbons (Fsp3) is 0.590. The molecule has 1 aliphatic rings. The van der Waals surface area contributed by atoms with Gasteiger partial charge in [0, 0.05) is 30.6 Å². The van der Waals surface area contributed by atoms with E-state index in [0.29, 0.717) is 46.2 Å². The molecule has 0 aliphatic carbocycles. The molecule has 2 unspecified atom stereocenters. The first-order valence-electron chi connectivity index (χ1n) is 18.1. The van der Waals surface area contributed by atoms with E-state index in [1.807, 2.05) is 24.3 Å². The molecule has 0 saturated carbocycles. The molecular weight excluding hydrogens is 631 g/mol. The Morgan fingerprint density at radius 3 is 2.12 bits per heavy atom. The van der Waals surface area contributed by atoms with Gasteiger partial charge in [-0.2, -0.15) is 9.94 Å². The largest absolute Gasteiger partial charge is 0.497 e. The summed E-state index contributed by atoms with van der Waals surface area (Å²) in [5.41, 5.74) is 2.59. The van der Waals surface area contributed by atoms with Crippen molar-refractivity contribution in [2.24, 2.45) is 22.2 Å².